The maximum absolute atomic E-state index is 13.3. The number of hydrogen-bond donors (Lipinski definition) is 2. The van der Waals surface area contributed by atoms with Gasteiger partial charge in [-0.15, -0.1) is 11.3 Å². The Balaban J connectivity index is 1.48. The van der Waals surface area contributed by atoms with E-state index in [-0.39, 0.29) is 35.4 Å². The van der Waals surface area contributed by atoms with Gasteiger partial charge in [0.1, 0.15) is 30.8 Å². The summed E-state index contributed by atoms with van der Waals surface area (Å²) >= 11 is 7.57. The van der Waals surface area contributed by atoms with E-state index in [4.69, 9.17) is 21.4 Å². The number of ether oxygens (including phenoxy) is 1. The number of benzene rings is 2. The van der Waals surface area contributed by atoms with Gasteiger partial charge in [0.15, 0.2) is 0 Å². The molecule has 15 heteroatoms. The van der Waals surface area contributed by atoms with E-state index in [1.807, 2.05) is 0 Å². The van der Waals surface area contributed by atoms with Crippen LogP contribution in [-0.4, -0.2) is 44.7 Å². The number of carbonyl (C=O) groups is 2. The SMILES string of the molecule is Cc1cc(-c2cc(Cl)ccc2OCCn2c(C)nc3cc(C(F)(F)F)cc(C#N)c3c2=O)c2scc(C(=O)NCC(=O)O)c2n1. The van der Waals surface area contributed by atoms with Crippen LogP contribution in [0.4, 0.5) is 13.2 Å². The van der Waals surface area contributed by atoms with Crippen molar-refractivity contribution in [2.45, 2.75) is 26.6 Å². The molecule has 0 aliphatic rings. The first-order chi connectivity index (χ1) is 21.3. The fourth-order valence-electron chi connectivity index (χ4n) is 4.81. The Morgan fingerprint density at radius 3 is 2.60 bits per heavy atom. The first-order valence-corrected chi connectivity index (χ1v) is 14.4. The summed E-state index contributed by atoms with van der Waals surface area (Å²) in [6.07, 6.45) is -4.72. The fraction of sp³-hybridized carbons (Fsp3) is 0.200. The van der Waals surface area contributed by atoms with E-state index in [1.54, 1.807) is 42.6 Å². The summed E-state index contributed by atoms with van der Waals surface area (Å²) in [6.45, 7) is 2.55. The Morgan fingerprint density at radius 2 is 1.91 bits per heavy atom. The van der Waals surface area contributed by atoms with Crippen LogP contribution >= 0.6 is 22.9 Å². The molecule has 0 bridgehead atoms. The molecule has 5 rings (SSSR count). The number of aromatic nitrogens is 3. The van der Waals surface area contributed by atoms with Gasteiger partial charge >= 0.3 is 12.1 Å². The van der Waals surface area contributed by atoms with Crippen LogP contribution in [0.3, 0.4) is 0 Å². The number of fused-ring (bicyclic) bond motifs is 2. The summed E-state index contributed by atoms with van der Waals surface area (Å²) in [5.74, 6) is -1.27. The lowest BCUT2D eigenvalue weighted by molar-refractivity contribution is -0.137. The molecule has 0 spiro atoms. The highest BCUT2D eigenvalue weighted by atomic mass is 35.5. The number of rotatable bonds is 8. The number of hydrogen-bond acceptors (Lipinski definition) is 8. The number of nitrogens with one attached hydrogen (secondary N) is 1. The van der Waals surface area contributed by atoms with Crippen molar-refractivity contribution < 1.29 is 32.6 Å². The highest BCUT2D eigenvalue weighted by Gasteiger charge is 2.32. The number of carboxylic acid groups (broad SMARTS) is 1. The molecule has 0 saturated carbocycles. The summed E-state index contributed by atoms with van der Waals surface area (Å²) in [5.41, 5.74) is -0.0586. The molecule has 2 N–H and O–H groups in total. The molecule has 0 radical (unpaired) electrons. The summed E-state index contributed by atoms with van der Waals surface area (Å²) in [7, 11) is 0. The van der Waals surface area contributed by atoms with Gasteiger partial charge in [-0.3, -0.25) is 23.9 Å². The minimum Gasteiger partial charge on any atom is -0.491 e. The van der Waals surface area contributed by atoms with Gasteiger partial charge in [0.05, 0.1) is 44.4 Å². The Labute approximate surface area is 261 Å². The predicted molar refractivity (Wildman–Crippen MR) is 161 cm³/mol. The molecule has 1 amide bonds. The molecule has 230 valence electrons. The van der Waals surface area contributed by atoms with E-state index in [0.717, 1.165) is 6.07 Å². The largest absolute Gasteiger partial charge is 0.491 e. The number of carbonyl (C=O) groups excluding carboxylic acids is 1. The van der Waals surface area contributed by atoms with Gasteiger partial charge in [-0.1, -0.05) is 11.6 Å². The van der Waals surface area contributed by atoms with E-state index < -0.39 is 41.3 Å². The third-order valence-corrected chi connectivity index (χ3v) is 8.03. The molecule has 3 heterocycles. The molecule has 0 fully saturated rings. The lowest BCUT2D eigenvalue weighted by Gasteiger charge is -2.16. The zero-order valence-electron chi connectivity index (χ0n) is 23.5. The maximum atomic E-state index is 13.3. The van der Waals surface area contributed by atoms with E-state index >= 15 is 0 Å². The maximum Gasteiger partial charge on any atom is 0.416 e. The molecule has 2 aromatic carbocycles. The first-order valence-electron chi connectivity index (χ1n) is 13.1. The second kappa shape index (κ2) is 12.2. The van der Waals surface area contributed by atoms with Crippen LogP contribution in [0.25, 0.3) is 32.2 Å². The molecule has 45 heavy (non-hydrogen) atoms. The van der Waals surface area contributed by atoms with E-state index in [0.29, 0.717) is 43.9 Å². The number of halogens is 4. The molecule has 0 aliphatic carbocycles. The van der Waals surface area contributed by atoms with Crippen LogP contribution < -0.4 is 15.6 Å². The van der Waals surface area contributed by atoms with E-state index in [2.05, 4.69) is 15.3 Å². The van der Waals surface area contributed by atoms with Crippen LogP contribution in [0.1, 0.15) is 33.0 Å². The van der Waals surface area contributed by atoms with Crippen molar-refractivity contribution in [2.75, 3.05) is 13.2 Å². The number of carboxylic acids is 1. The first kappa shape index (κ1) is 31.4. The van der Waals surface area contributed by atoms with Gasteiger partial charge in [-0.25, -0.2) is 4.98 Å². The van der Waals surface area contributed by atoms with Crippen molar-refractivity contribution in [3.63, 3.8) is 0 Å². The van der Waals surface area contributed by atoms with Crippen LogP contribution in [0.5, 0.6) is 5.75 Å². The lowest BCUT2D eigenvalue weighted by Crippen LogP contribution is -2.29. The zero-order chi connectivity index (χ0) is 32.6. The number of pyridine rings is 1. The van der Waals surface area contributed by atoms with Gasteiger partial charge in [0.2, 0.25) is 0 Å². The molecule has 3 aromatic heterocycles. The Kier molecular flexibility index (Phi) is 8.51. The van der Waals surface area contributed by atoms with Crippen molar-refractivity contribution in [1.29, 1.82) is 5.26 Å². The van der Waals surface area contributed by atoms with Gasteiger partial charge < -0.3 is 15.2 Å². The van der Waals surface area contributed by atoms with Crippen LogP contribution in [0, 0.1) is 25.2 Å². The molecule has 0 saturated heterocycles. The molecule has 10 nitrogen and oxygen atoms in total. The van der Waals surface area contributed by atoms with Gasteiger partial charge in [-0.05, 0) is 50.2 Å². The minimum atomic E-state index is -4.72. The molecular formula is C30H21ClF3N5O5S. The van der Waals surface area contributed by atoms with Crippen molar-refractivity contribution in [3.05, 3.63) is 85.4 Å². The summed E-state index contributed by atoms with van der Waals surface area (Å²) in [6, 6.07) is 9.74. The molecule has 0 atom stereocenters. The number of aryl methyl sites for hydroxylation is 2. The van der Waals surface area contributed by atoms with Crippen molar-refractivity contribution >= 4 is 55.9 Å². The normalized spacial score (nSPS) is 11.5. The van der Waals surface area contributed by atoms with Crippen molar-refractivity contribution in [3.8, 4) is 22.9 Å². The van der Waals surface area contributed by atoms with Crippen LogP contribution in [0.2, 0.25) is 5.02 Å². The highest BCUT2D eigenvalue weighted by Crippen LogP contribution is 2.40. The summed E-state index contributed by atoms with van der Waals surface area (Å²) in [5, 5.41) is 22.5. The molecule has 5 aromatic rings. The second-order valence-electron chi connectivity index (χ2n) is 9.85. The Hall–Kier alpha value is -5.00. The van der Waals surface area contributed by atoms with E-state index in [1.165, 1.54) is 22.8 Å². The molecule has 0 aliphatic heterocycles. The molecule has 0 unspecified atom stereocenters. The second-order valence-corrected chi connectivity index (χ2v) is 11.2. The highest BCUT2D eigenvalue weighted by molar-refractivity contribution is 7.18. The number of nitriles is 1. The smallest absolute Gasteiger partial charge is 0.416 e. The lowest BCUT2D eigenvalue weighted by atomic mass is 10.0. The number of amides is 1. The number of thiophene rings is 1. The number of nitrogens with zero attached hydrogens (tertiary/aromatic N) is 4. The van der Waals surface area contributed by atoms with Crippen LogP contribution in [0.15, 0.2) is 46.6 Å². The monoisotopic (exact) mass is 655 g/mol. The third-order valence-electron chi connectivity index (χ3n) is 6.80. The Morgan fingerprint density at radius 1 is 1.16 bits per heavy atom. The Bertz CT molecular complexity index is 2120. The summed E-state index contributed by atoms with van der Waals surface area (Å²) in [4.78, 5) is 45.6. The average Bonchev–Trinajstić information content (AvgIpc) is 3.40. The van der Waals surface area contributed by atoms with Crippen molar-refractivity contribution in [2.24, 2.45) is 0 Å². The standard InChI is InChI=1S/C30H21ClF3N5O5S/c1-14-7-20(27-26(37-14)21(13-45-27)28(42)36-12-24(40)41)19-10-18(31)3-4-23(19)44-6-5-39-15(2)38-22-9-17(30(32,33)34)8-16(11-35)25(22)29(39)43/h3-4,7-10,13H,5-6,12H2,1-2H3,(H,36,42)(H,40,41). The zero-order valence-corrected chi connectivity index (χ0v) is 25.0. The van der Waals surface area contributed by atoms with Gasteiger partial charge in [0, 0.05) is 27.2 Å². The number of alkyl halides is 3. The van der Waals surface area contributed by atoms with E-state index in [9.17, 15) is 32.8 Å². The van der Waals surface area contributed by atoms with Gasteiger partial charge in [-0.2, -0.15) is 18.4 Å². The fourth-order valence-corrected chi connectivity index (χ4v) is 6.00. The average molecular weight is 656 g/mol. The number of aliphatic carboxylic acids is 1. The quantitative estimate of drug-likeness (QED) is 0.216. The third kappa shape index (κ3) is 6.31. The van der Waals surface area contributed by atoms with Gasteiger partial charge in [0.25, 0.3) is 11.5 Å². The minimum absolute atomic E-state index is 0.0424. The summed E-state index contributed by atoms with van der Waals surface area (Å²) < 4.78 is 47.9. The van der Waals surface area contributed by atoms with Crippen molar-refractivity contribution in [1.82, 2.24) is 19.9 Å². The van der Waals surface area contributed by atoms with Crippen LogP contribution in [-0.2, 0) is 17.5 Å². The topological polar surface area (TPSA) is 147 Å². The predicted octanol–water partition coefficient (Wildman–Crippen LogP) is 5.73. The molecular weight excluding hydrogens is 635 g/mol.